The molecule has 92 valence electrons. The summed E-state index contributed by atoms with van der Waals surface area (Å²) in [5.41, 5.74) is 0.990. The standard InChI is InChI=1S/C12H16N2O2S/c1-9(2)12(8-13)14-17(15,16)11-6-4-10(3)5-7-11/h4-7,9,12,14H,1-3H3. The molecular formula is C12H16N2O2S. The van der Waals surface area contributed by atoms with Crippen LogP contribution in [0.4, 0.5) is 0 Å². The number of nitriles is 1. The van der Waals surface area contributed by atoms with E-state index < -0.39 is 16.1 Å². The third-order valence-corrected chi connectivity index (χ3v) is 3.88. The van der Waals surface area contributed by atoms with Crippen LogP contribution >= 0.6 is 0 Å². The molecule has 0 saturated carbocycles. The summed E-state index contributed by atoms with van der Waals surface area (Å²) >= 11 is 0. The molecule has 1 N–H and O–H groups in total. The highest BCUT2D eigenvalue weighted by molar-refractivity contribution is 7.89. The molecule has 1 aromatic rings. The summed E-state index contributed by atoms with van der Waals surface area (Å²) in [6.07, 6.45) is 0. The van der Waals surface area contributed by atoms with E-state index in [0.29, 0.717) is 0 Å². The second-order valence-electron chi connectivity index (χ2n) is 4.29. The quantitative estimate of drug-likeness (QED) is 0.888. The van der Waals surface area contributed by atoms with Gasteiger partial charge in [-0.25, -0.2) is 8.42 Å². The summed E-state index contributed by atoms with van der Waals surface area (Å²) in [5, 5.41) is 8.87. The number of sulfonamides is 1. The van der Waals surface area contributed by atoms with E-state index in [-0.39, 0.29) is 10.8 Å². The third kappa shape index (κ3) is 3.55. The molecule has 17 heavy (non-hydrogen) atoms. The van der Waals surface area contributed by atoms with Gasteiger partial charge in [0.2, 0.25) is 10.0 Å². The van der Waals surface area contributed by atoms with Crippen LogP contribution in [0.3, 0.4) is 0 Å². The maximum absolute atomic E-state index is 12.0. The number of nitrogens with one attached hydrogen (secondary N) is 1. The molecule has 4 nitrogen and oxygen atoms in total. The Morgan fingerprint density at radius 3 is 2.18 bits per heavy atom. The normalized spacial score (nSPS) is 13.4. The summed E-state index contributed by atoms with van der Waals surface area (Å²) in [4.78, 5) is 0.184. The van der Waals surface area contributed by atoms with E-state index in [4.69, 9.17) is 5.26 Å². The fourth-order valence-corrected chi connectivity index (χ4v) is 2.55. The maximum atomic E-state index is 12.0. The predicted molar refractivity (Wildman–Crippen MR) is 65.7 cm³/mol. The molecule has 1 aromatic carbocycles. The first kappa shape index (κ1) is 13.7. The molecule has 0 radical (unpaired) electrons. The molecule has 0 saturated heterocycles. The topological polar surface area (TPSA) is 70.0 Å². The minimum atomic E-state index is -3.61. The molecule has 1 unspecified atom stereocenters. The van der Waals surface area contributed by atoms with Crippen LogP contribution in [0, 0.1) is 24.2 Å². The van der Waals surface area contributed by atoms with Crippen molar-refractivity contribution >= 4 is 10.0 Å². The van der Waals surface area contributed by atoms with E-state index in [0.717, 1.165) is 5.56 Å². The highest BCUT2D eigenvalue weighted by atomic mass is 32.2. The Morgan fingerprint density at radius 2 is 1.76 bits per heavy atom. The second kappa shape index (κ2) is 5.30. The van der Waals surface area contributed by atoms with Crippen molar-refractivity contribution in [2.45, 2.75) is 31.7 Å². The van der Waals surface area contributed by atoms with Crippen molar-refractivity contribution in [3.8, 4) is 6.07 Å². The van der Waals surface area contributed by atoms with Crippen molar-refractivity contribution in [2.24, 2.45) is 5.92 Å². The Hall–Kier alpha value is -1.38. The summed E-state index contributed by atoms with van der Waals surface area (Å²) < 4.78 is 26.3. The number of hydrogen-bond donors (Lipinski definition) is 1. The zero-order chi connectivity index (χ0) is 13.1. The number of hydrogen-bond acceptors (Lipinski definition) is 3. The van der Waals surface area contributed by atoms with Crippen LogP contribution in [0.2, 0.25) is 0 Å². The van der Waals surface area contributed by atoms with Gasteiger partial charge in [-0.2, -0.15) is 9.98 Å². The van der Waals surface area contributed by atoms with Crippen LogP contribution in [0.15, 0.2) is 29.2 Å². The lowest BCUT2D eigenvalue weighted by Crippen LogP contribution is -2.37. The van der Waals surface area contributed by atoms with Crippen molar-refractivity contribution in [1.82, 2.24) is 4.72 Å². The van der Waals surface area contributed by atoms with Crippen molar-refractivity contribution in [3.05, 3.63) is 29.8 Å². The lowest BCUT2D eigenvalue weighted by Gasteiger charge is -2.15. The molecule has 0 heterocycles. The lowest BCUT2D eigenvalue weighted by atomic mass is 10.1. The SMILES string of the molecule is Cc1ccc(S(=O)(=O)NC(C#N)C(C)C)cc1. The summed E-state index contributed by atoms with van der Waals surface area (Å²) in [6, 6.07) is 7.76. The third-order valence-electron chi connectivity index (χ3n) is 2.42. The average Bonchev–Trinajstić information content (AvgIpc) is 2.26. The molecule has 0 aliphatic rings. The van der Waals surface area contributed by atoms with E-state index in [1.807, 2.05) is 13.0 Å². The minimum absolute atomic E-state index is 0.0692. The Balaban J connectivity index is 2.97. The van der Waals surface area contributed by atoms with E-state index in [2.05, 4.69) is 4.72 Å². The largest absolute Gasteiger partial charge is 0.241 e. The minimum Gasteiger partial charge on any atom is -0.207 e. The fraction of sp³-hybridized carbons (Fsp3) is 0.417. The predicted octanol–water partition coefficient (Wildman–Crippen LogP) is 1.82. The second-order valence-corrected chi connectivity index (χ2v) is 6.00. The van der Waals surface area contributed by atoms with Crippen LogP contribution in [0.25, 0.3) is 0 Å². The summed E-state index contributed by atoms with van der Waals surface area (Å²) in [5.74, 6) is -0.0692. The zero-order valence-corrected chi connectivity index (χ0v) is 11.0. The first-order chi connectivity index (χ1) is 7.86. The van der Waals surface area contributed by atoms with E-state index in [1.54, 1.807) is 26.0 Å². The van der Waals surface area contributed by atoms with E-state index in [1.165, 1.54) is 12.1 Å². The van der Waals surface area contributed by atoms with E-state index in [9.17, 15) is 8.42 Å². The number of rotatable bonds is 4. The lowest BCUT2D eigenvalue weighted by molar-refractivity contribution is 0.515. The number of nitrogens with zero attached hydrogens (tertiary/aromatic N) is 1. The van der Waals surface area contributed by atoms with Crippen LogP contribution < -0.4 is 4.72 Å². The van der Waals surface area contributed by atoms with Crippen LogP contribution in [0.5, 0.6) is 0 Å². The van der Waals surface area contributed by atoms with Crippen molar-refractivity contribution in [2.75, 3.05) is 0 Å². The van der Waals surface area contributed by atoms with Gasteiger partial charge >= 0.3 is 0 Å². The van der Waals surface area contributed by atoms with Gasteiger partial charge in [-0.15, -0.1) is 0 Å². The Labute approximate surface area is 102 Å². The Morgan fingerprint density at radius 1 is 1.24 bits per heavy atom. The molecule has 0 aliphatic carbocycles. The average molecular weight is 252 g/mol. The van der Waals surface area contributed by atoms with E-state index >= 15 is 0 Å². The number of aryl methyl sites for hydroxylation is 1. The van der Waals surface area contributed by atoms with Crippen molar-refractivity contribution in [1.29, 1.82) is 5.26 Å². The van der Waals surface area contributed by atoms with Crippen molar-refractivity contribution < 1.29 is 8.42 Å². The van der Waals surface area contributed by atoms with Gasteiger partial charge < -0.3 is 0 Å². The molecular weight excluding hydrogens is 236 g/mol. The summed E-state index contributed by atoms with van der Waals surface area (Å²) in [7, 11) is -3.61. The monoisotopic (exact) mass is 252 g/mol. The zero-order valence-electron chi connectivity index (χ0n) is 10.1. The van der Waals surface area contributed by atoms with Gasteiger partial charge in [0.1, 0.15) is 6.04 Å². The first-order valence-electron chi connectivity index (χ1n) is 5.35. The molecule has 0 aromatic heterocycles. The smallest absolute Gasteiger partial charge is 0.207 e. The van der Waals surface area contributed by atoms with Gasteiger partial charge in [0, 0.05) is 0 Å². The van der Waals surface area contributed by atoms with Crippen LogP contribution in [-0.2, 0) is 10.0 Å². The number of benzene rings is 1. The van der Waals surface area contributed by atoms with Gasteiger partial charge in [0.05, 0.1) is 11.0 Å². The molecule has 0 aliphatic heterocycles. The molecule has 0 amide bonds. The van der Waals surface area contributed by atoms with Gasteiger partial charge in [0.25, 0.3) is 0 Å². The highest BCUT2D eigenvalue weighted by Gasteiger charge is 2.21. The molecule has 1 atom stereocenters. The van der Waals surface area contributed by atoms with Gasteiger partial charge in [0.15, 0.2) is 0 Å². The molecule has 0 spiro atoms. The summed E-state index contributed by atoms with van der Waals surface area (Å²) in [6.45, 7) is 5.48. The molecule has 0 fully saturated rings. The van der Waals surface area contributed by atoms with Crippen molar-refractivity contribution in [3.63, 3.8) is 0 Å². The van der Waals surface area contributed by atoms with Gasteiger partial charge in [-0.3, -0.25) is 0 Å². The molecule has 0 bridgehead atoms. The fourth-order valence-electron chi connectivity index (χ4n) is 1.26. The maximum Gasteiger partial charge on any atom is 0.241 e. The Kier molecular flexibility index (Phi) is 4.27. The first-order valence-corrected chi connectivity index (χ1v) is 6.84. The van der Waals surface area contributed by atoms with Gasteiger partial charge in [-0.05, 0) is 25.0 Å². The molecule has 5 heteroatoms. The van der Waals surface area contributed by atoms with Crippen LogP contribution in [0.1, 0.15) is 19.4 Å². The highest BCUT2D eigenvalue weighted by Crippen LogP contribution is 2.12. The Bertz CT molecular complexity index is 512. The van der Waals surface area contributed by atoms with Crippen LogP contribution in [-0.4, -0.2) is 14.5 Å². The van der Waals surface area contributed by atoms with Gasteiger partial charge in [-0.1, -0.05) is 31.5 Å². The molecule has 1 rings (SSSR count).